The number of aliphatic hydroxyl groups is 1. The molecule has 3 rings (SSSR count). The topological polar surface area (TPSA) is 72.8 Å². The number of fused-ring (bicyclic) bond motifs is 3. The summed E-state index contributed by atoms with van der Waals surface area (Å²) >= 11 is 0. The lowest BCUT2D eigenvalue weighted by molar-refractivity contribution is -0.194. The van der Waals surface area contributed by atoms with E-state index in [4.69, 9.17) is 9.47 Å². The van der Waals surface area contributed by atoms with Gasteiger partial charge in [-0.15, -0.1) is 0 Å². The van der Waals surface area contributed by atoms with E-state index in [1.54, 1.807) is 18.2 Å². The van der Waals surface area contributed by atoms with E-state index in [2.05, 4.69) is 13.8 Å². The standard InChI is InChI=1S/C21H28O5/c1-5-6-7-9-16(22)26-15-12-14-13-25-18(23)21(14,24)20(4)11-8-10-19(2,3)17(15)20/h5-7,9,12,15,17,24H,8,10-11,13H2,1-4H3/b6-5+,9-7+/t15-,17+,20+,21-/m1/s1. The zero-order valence-electron chi connectivity index (χ0n) is 16.0. The average molecular weight is 360 g/mol. The molecule has 0 unspecified atom stereocenters. The number of ether oxygens (including phenoxy) is 2. The molecule has 1 saturated carbocycles. The summed E-state index contributed by atoms with van der Waals surface area (Å²) in [6.45, 7) is 8.10. The third-order valence-corrected chi connectivity index (χ3v) is 6.47. The highest BCUT2D eigenvalue weighted by Crippen LogP contribution is 2.63. The summed E-state index contributed by atoms with van der Waals surface area (Å²) in [5, 5.41) is 11.4. The fourth-order valence-electron chi connectivity index (χ4n) is 5.36. The zero-order chi connectivity index (χ0) is 19.2. The van der Waals surface area contributed by atoms with E-state index in [1.807, 2.05) is 19.9 Å². The number of carbonyl (C=O) groups is 2. The smallest absolute Gasteiger partial charge is 0.343 e. The van der Waals surface area contributed by atoms with Gasteiger partial charge in [0.1, 0.15) is 12.7 Å². The van der Waals surface area contributed by atoms with Gasteiger partial charge in [0.15, 0.2) is 5.60 Å². The molecule has 2 fully saturated rings. The second kappa shape index (κ2) is 6.38. The second-order valence-corrected chi connectivity index (χ2v) is 8.50. The maximum absolute atomic E-state index is 12.5. The van der Waals surface area contributed by atoms with Crippen molar-refractivity contribution in [1.29, 1.82) is 0 Å². The summed E-state index contributed by atoms with van der Waals surface area (Å²) in [5.74, 6) is -1.18. The largest absolute Gasteiger partial charge is 0.459 e. The van der Waals surface area contributed by atoms with Gasteiger partial charge in [-0.3, -0.25) is 0 Å². The minimum Gasteiger partial charge on any atom is -0.459 e. The number of cyclic esters (lactones) is 1. The van der Waals surface area contributed by atoms with E-state index in [-0.39, 0.29) is 17.9 Å². The van der Waals surface area contributed by atoms with E-state index in [0.717, 1.165) is 12.8 Å². The Kier molecular flexibility index (Phi) is 4.63. The molecule has 0 aromatic rings. The van der Waals surface area contributed by atoms with Crippen molar-refractivity contribution in [3.8, 4) is 0 Å². The van der Waals surface area contributed by atoms with Crippen molar-refractivity contribution < 1.29 is 24.2 Å². The van der Waals surface area contributed by atoms with Crippen LogP contribution in [0.15, 0.2) is 36.0 Å². The van der Waals surface area contributed by atoms with Gasteiger partial charge in [0.25, 0.3) is 0 Å². The molecule has 0 radical (unpaired) electrons. The second-order valence-electron chi connectivity index (χ2n) is 8.50. The minimum atomic E-state index is -1.63. The average Bonchev–Trinajstić information content (AvgIpc) is 2.84. The van der Waals surface area contributed by atoms with E-state index < -0.39 is 29.1 Å². The van der Waals surface area contributed by atoms with Gasteiger partial charge in [0.05, 0.1) is 0 Å². The molecule has 1 N–H and O–H groups in total. The highest BCUT2D eigenvalue weighted by Gasteiger charge is 2.69. The van der Waals surface area contributed by atoms with Crippen LogP contribution in [-0.4, -0.2) is 35.4 Å². The normalized spacial score (nSPS) is 38.7. The predicted octanol–water partition coefficient (Wildman–Crippen LogP) is 3.09. The molecule has 5 heteroatoms. The first-order valence-corrected chi connectivity index (χ1v) is 9.27. The summed E-state index contributed by atoms with van der Waals surface area (Å²) in [7, 11) is 0. The predicted molar refractivity (Wildman–Crippen MR) is 97.1 cm³/mol. The van der Waals surface area contributed by atoms with Crippen LogP contribution in [0.1, 0.15) is 47.0 Å². The van der Waals surface area contributed by atoms with Crippen LogP contribution in [0.3, 0.4) is 0 Å². The maximum atomic E-state index is 12.5. The maximum Gasteiger partial charge on any atom is 0.343 e. The first-order chi connectivity index (χ1) is 12.2. The molecule has 1 saturated heterocycles. The summed E-state index contributed by atoms with van der Waals surface area (Å²) in [4.78, 5) is 24.7. The van der Waals surface area contributed by atoms with Gasteiger partial charge >= 0.3 is 11.9 Å². The molecular formula is C21H28O5. The van der Waals surface area contributed by atoms with Crippen molar-refractivity contribution in [3.05, 3.63) is 36.0 Å². The summed E-state index contributed by atoms with van der Waals surface area (Å²) < 4.78 is 11.0. The first kappa shape index (κ1) is 18.9. The lowest BCUT2D eigenvalue weighted by Crippen LogP contribution is -2.65. The Balaban J connectivity index is 2.03. The highest BCUT2D eigenvalue weighted by molar-refractivity contribution is 5.88. The molecule has 0 aromatic heterocycles. The van der Waals surface area contributed by atoms with E-state index >= 15 is 0 Å². The number of hydrogen-bond donors (Lipinski definition) is 1. The van der Waals surface area contributed by atoms with Gasteiger partial charge in [0.2, 0.25) is 0 Å². The molecule has 1 aliphatic heterocycles. The fraction of sp³-hybridized carbons (Fsp3) is 0.619. The van der Waals surface area contributed by atoms with Gasteiger partial charge in [-0.05, 0) is 31.3 Å². The van der Waals surface area contributed by atoms with Crippen molar-refractivity contribution in [1.82, 2.24) is 0 Å². The van der Waals surface area contributed by atoms with Gasteiger partial charge < -0.3 is 14.6 Å². The third-order valence-electron chi connectivity index (χ3n) is 6.47. The molecule has 3 aliphatic rings. The molecule has 0 bridgehead atoms. The number of allylic oxidation sites excluding steroid dienone is 3. The minimum absolute atomic E-state index is 0.0561. The molecule has 26 heavy (non-hydrogen) atoms. The summed E-state index contributed by atoms with van der Waals surface area (Å²) in [5.41, 5.74) is -2.02. The molecule has 0 amide bonds. The molecular weight excluding hydrogens is 332 g/mol. The molecule has 5 nitrogen and oxygen atoms in total. The summed E-state index contributed by atoms with van der Waals surface area (Å²) in [6.07, 6.45) is 10.4. The van der Waals surface area contributed by atoms with Gasteiger partial charge in [0, 0.05) is 23.0 Å². The SMILES string of the molecule is C/C=C/C=C/C(=O)O[C@@H]1C=C2COC(=O)[C@@]2(O)[C@@]2(C)CCCC(C)(C)[C@H]12. The van der Waals surface area contributed by atoms with Crippen molar-refractivity contribution in [2.75, 3.05) is 6.61 Å². The number of esters is 2. The fourth-order valence-corrected chi connectivity index (χ4v) is 5.36. The van der Waals surface area contributed by atoms with Gasteiger partial charge in [-0.1, -0.05) is 45.4 Å². The summed E-state index contributed by atoms with van der Waals surface area (Å²) in [6, 6.07) is 0. The van der Waals surface area contributed by atoms with Crippen LogP contribution in [0, 0.1) is 16.7 Å². The Hall–Kier alpha value is -1.88. The van der Waals surface area contributed by atoms with E-state index in [1.165, 1.54) is 6.08 Å². The van der Waals surface area contributed by atoms with Crippen molar-refractivity contribution >= 4 is 11.9 Å². The molecule has 1 heterocycles. The van der Waals surface area contributed by atoms with E-state index in [0.29, 0.717) is 12.0 Å². The van der Waals surface area contributed by atoms with Crippen molar-refractivity contribution in [2.24, 2.45) is 16.7 Å². The monoisotopic (exact) mass is 360 g/mol. The zero-order valence-corrected chi connectivity index (χ0v) is 16.0. The van der Waals surface area contributed by atoms with Crippen LogP contribution >= 0.6 is 0 Å². The molecule has 4 atom stereocenters. The molecule has 0 aromatic carbocycles. The van der Waals surface area contributed by atoms with Crippen LogP contribution in [-0.2, 0) is 19.1 Å². The van der Waals surface area contributed by atoms with Crippen LogP contribution in [0.2, 0.25) is 0 Å². The van der Waals surface area contributed by atoms with Crippen molar-refractivity contribution in [2.45, 2.75) is 58.7 Å². The Labute approximate surface area is 154 Å². The van der Waals surface area contributed by atoms with Crippen LogP contribution in [0.25, 0.3) is 0 Å². The Morgan fingerprint density at radius 3 is 2.73 bits per heavy atom. The van der Waals surface area contributed by atoms with Crippen LogP contribution in [0.5, 0.6) is 0 Å². The Bertz CT molecular complexity index is 701. The Morgan fingerprint density at radius 2 is 2.04 bits per heavy atom. The van der Waals surface area contributed by atoms with Crippen molar-refractivity contribution in [3.63, 3.8) is 0 Å². The van der Waals surface area contributed by atoms with Crippen LogP contribution < -0.4 is 0 Å². The number of rotatable bonds is 3. The molecule has 142 valence electrons. The van der Waals surface area contributed by atoms with Gasteiger partial charge in [-0.2, -0.15) is 0 Å². The highest BCUT2D eigenvalue weighted by atomic mass is 16.6. The molecule has 2 aliphatic carbocycles. The first-order valence-electron chi connectivity index (χ1n) is 9.27. The van der Waals surface area contributed by atoms with Gasteiger partial charge in [-0.25, -0.2) is 9.59 Å². The number of hydrogen-bond acceptors (Lipinski definition) is 5. The quantitative estimate of drug-likeness (QED) is 0.362. The number of carbonyl (C=O) groups excluding carboxylic acids is 2. The Morgan fingerprint density at radius 1 is 1.31 bits per heavy atom. The lowest BCUT2D eigenvalue weighted by atomic mass is 9.46. The van der Waals surface area contributed by atoms with Crippen LogP contribution in [0.4, 0.5) is 0 Å². The molecule has 0 spiro atoms. The lowest BCUT2D eigenvalue weighted by Gasteiger charge is -2.59. The van der Waals surface area contributed by atoms with E-state index in [9.17, 15) is 14.7 Å². The third kappa shape index (κ3) is 2.64.